The van der Waals surface area contributed by atoms with Gasteiger partial charge in [0.05, 0.1) is 3.79 Å². The number of nitrogens with one attached hydrogen (secondary N) is 2. The number of nitrogens with zero attached hydrogens (tertiary/aromatic N) is 1. The maximum Gasteiger partial charge on any atom is 0.318 e. The lowest BCUT2D eigenvalue weighted by Gasteiger charge is -2.25. The topological polar surface area (TPSA) is 61.4 Å². The van der Waals surface area contributed by atoms with Gasteiger partial charge in [0.1, 0.15) is 6.04 Å². The summed E-state index contributed by atoms with van der Waals surface area (Å²) in [6, 6.07) is 1.35. The largest absolute Gasteiger partial charge is 0.354 e. The third kappa shape index (κ3) is 3.48. The first kappa shape index (κ1) is 14.3. The molecule has 2 N–H and O–H groups in total. The van der Waals surface area contributed by atoms with E-state index in [0.29, 0.717) is 19.6 Å². The molecule has 0 bridgehead atoms. The number of halogens is 1. The molecule has 2 rings (SSSR count). The summed E-state index contributed by atoms with van der Waals surface area (Å²) >= 11 is 5.02. The van der Waals surface area contributed by atoms with Crippen molar-refractivity contribution in [2.45, 2.75) is 25.9 Å². The molecule has 19 heavy (non-hydrogen) atoms. The Balaban J connectivity index is 1.95. The number of hydrogen-bond acceptors (Lipinski definition) is 3. The van der Waals surface area contributed by atoms with Crippen molar-refractivity contribution in [3.05, 3.63) is 20.8 Å². The molecule has 1 fully saturated rings. The van der Waals surface area contributed by atoms with Crippen LogP contribution in [0, 0.1) is 0 Å². The molecular formula is C12H16BrN3O2S. The molecule has 0 spiro atoms. The van der Waals surface area contributed by atoms with Crippen molar-refractivity contribution in [1.29, 1.82) is 0 Å². The van der Waals surface area contributed by atoms with E-state index in [-0.39, 0.29) is 11.9 Å². The summed E-state index contributed by atoms with van der Waals surface area (Å²) in [4.78, 5) is 25.4. The first-order valence-electron chi connectivity index (χ1n) is 6.13. The van der Waals surface area contributed by atoms with Gasteiger partial charge >= 0.3 is 6.03 Å². The second kappa shape index (κ2) is 6.38. The zero-order valence-corrected chi connectivity index (χ0v) is 13.0. The first-order valence-corrected chi connectivity index (χ1v) is 7.81. The van der Waals surface area contributed by atoms with Crippen molar-refractivity contribution in [1.82, 2.24) is 15.5 Å². The molecule has 1 aromatic rings. The van der Waals surface area contributed by atoms with Crippen LogP contribution in [-0.4, -0.2) is 36.0 Å². The van der Waals surface area contributed by atoms with Crippen LogP contribution in [0.15, 0.2) is 15.2 Å². The predicted molar refractivity (Wildman–Crippen MR) is 78.0 cm³/mol. The Morgan fingerprint density at radius 2 is 2.47 bits per heavy atom. The Labute approximate surface area is 124 Å². The minimum atomic E-state index is -0.423. The molecule has 0 aliphatic carbocycles. The highest BCUT2D eigenvalue weighted by Gasteiger charge is 2.27. The molecule has 1 aromatic heterocycles. The molecule has 5 nitrogen and oxygen atoms in total. The highest BCUT2D eigenvalue weighted by Crippen LogP contribution is 2.23. The third-order valence-corrected chi connectivity index (χ3v) is 4.92. The number of hydrogen-bond donors (Lipinski definition) is 2. The SMILES string of the molecule is CC1C(=O)NCCCN1C(=O)NCc1ccsc1Br. The third-order valence-electron chi connectivity index (χ3n) is 3.11. The predicted octanol–water partition coefficient (Wildman–Crippen LogP) is 1.93. The van der Waals surface area contributed by atoms with Gasteiger partial charge < -0.3 is 15.5 Å². The number of carbonyl (C=O) groups excluding carboxylic acids is 2. The van der Waals surface area contributed by atoms with Crippen molar-refractivity contribution < 1.29 is 9.59 Å². The van der Waals surface area contributed by atoms with Crippen LogP contribution in [0.2, 0.25) is 0 Å². The Morgan fingerprint density at radius 3 is 3.16 bits per heavy atom. The molecule has 1 saturated heterocycles. The maximum absolute atomic E-state index is 12.1. The van der Waals surface area contributed by atoms with E-state index in [1.807, 2.05) is 11.4 Å². The van der Waals surface area contributed by atoms with Crippen molar-refractivity contribution in [3.8, 4) is 0 Å². The number of thiophene rings is 1. The molecule has 7 heteroatoms. The maximum atomic E-state index is 12.1. The normalized spacial score (nSPS) is 19.8. The van der Waals surface area contributed by atoms with Gasteiger partial charge in [0.25, 0.3) is 0 Å². The van der Waals surface area contributed by atoms with Gasteiger partial charge in [-0.15, -0.1) is 11.3 Å². The molecule has 2 heterocycles. The van der Waals surface area contributed by atoms with Crippen molar-refractivity contribution in [2.75, 3.05) is 13.1 Å². The van der Waals surface area contributed by atoms with Crippen LogP contribution in [0.25, 0.3) is 0 Å². The zero-order valence-electron chi connectivity index (χ0n) is 10.6. The summed E-state index contributed by atoms with van der Waals surface area (Å²) in [5, 5.41) is 7.62. The lowest BCUT2D eigenvalue weighted by atomic mass is 10.3. The van der Waals surface area contributed by atoms with Gasteiger partial charge in [-0.25, -0.2) is 4.79 Å². The Hall–Kier alpha value is -1.08. The van der Waals surface area contributed by atoms with Gasteiger partial charge in [0.2, 0.25) is 5.91 Å². The van der Waals surface area contributed by atoms with E-state index >= 15 is 0 Å². The van der Waals surface area contributed by atoms with Crippen LogP contribution in [0.5, 0.6) is 0 Å². The fourth-order valence-electron chi connectivity index (χ4n) is 1.94. The molecule has 1 aliphatic rings. The lowest BCUT2D eigenvalue weighted by Crippen LogP contribution is -2.49. The molecule has 0 aromatic carbocycles. The Morgan fingerprint density at radius 1 is 1.68 bits per heavy atom. The van der Waals surface area contributed by atoms with E-state index in [9.17, 15) is 9.59 Å². The van der Waals surface area contributed by atoms with Gasteiger partial charge in [-0.1, -0.05) is 0 Å². The van der Waals surface area contributed by atoms with Crippen molar-refractivity contribution in [2.24, 2.45) is 0 Å². The number of rotatable bonds is 2. The van der Waals surface area contributed by atoms with E-state index in [4.69, 9.17) is 0 Å². The minimum Gasteiger partial charge on any atom is -0.354 e. The van der Waals surface area contributed by atoms with Gasteiger partial charge in [0.15, 0.2) is 0 Å². The summed E-state index contributed by atoms with van der Waals surface area (Å²) in [6.07, 6.45) is 0.783. The van der Waals surface area contributed by atoms with Crippen LogP contribution < -0.4 is 10.6 Å². The summed E-state index contributed by atoms with van der Waals surface area (Å²) in [5.74, 6) is -0.0932. The van der Waals surface area contributed by atoms with Gasteiger partial charge in [-0.2, -0.15) is 0 Å². The summed E-state index contributed by atoms with van der Waals surface area (Å²) < 4.78 is 1.02. The molecule has 1 unspecified atom stereocenters. The van der Waals surface area contributed by atoms with Crippen LogP contribution in [-0.2, 0) is 11.3 Å². The standard InChI is InChI=1S/C12H16BrN3O2S/c1-8-11(17)14-4-2-5-16(8)12(18)15-7-9-3-6-19-10(9)13/h3,6,8H,2,4-5,7H2,1H3,(H,14,17)(H,15,18). The van der Waals surface area contributed by atoms with Crippen LogP contribution in [0.3, 0.4) is 0 Å². The smallest absolute Gasteiger partial charge is 0.318 e. The molecule has 104 valence electrons. The fraction of sp³-hybridized carbons (Fsp3) is 0.500. The van der Waals surface area contributed by atoms with E-state index in [2.05, 4.69) is 26.6 Å². The molecular weight excluding hydrogens is 330 g/mol. The average Bonchev–Trinajstić information content (AvgIpc) is 2.72. The van der Waals surface area contributed by atoms with Crippen LogP contribution in [0.4, 0.5) is 4.79 Å². The van der Waals surface area contributed by atoms with Gasteiger partial charge in [-0.05, 0) is 46.3 Å². The monoisotopic (exact) mass is 345 g/mol. The lowest BCUT2D eigenvalue weighted by molar-refractivity contribution is -0.124. The van der Waals surface area contributed by atoms with Crippen molar-refractivity contribution in [3.63, 3.8) is 0 Å². The highest BCUT2D eigenvalue weighted by atomic mass is 79.9. The molecule has 1 atom stereocenters. The van der Waals surface area contributed by atoms with Gasteiger partial charge in [0, 0.05) is 19.6 Å². The van der Waals surface area contributed by atoms with E-state index < -0.39 is 6.04 Å². The first-order chi connectivity index (χ1) is 9.09. The van der Waals surface area contributed by atoms with Crippen LogP contribution >= 0.6 is 27.3 Å². The van der Waals surface area contributed by atoms with Crippen LogP contribution in [0.1, 0.15) is 18.9 Å². The second-order valence-corrected chi connectivity index (χ2v) is 6.63. The number of carbonyl (C=O) groups is 2. The summed E-state index contributed by atoms with van der Waals surface area (Å²) in [5.41, 5.74) is 1.05. The Bertz CT molecular complexity index is 477. The van der Waals surface area contributed by atoms with Gasteiger partial charge in [-0.3, -0.25) is 4.79 Å². The summed E-state index contributed by atoms with van der Waals surface area (Å²) in [7, 11) is 0. The highest BCUT2D eigenvalue weighted by molar-refractivity contribution is 9.11. The summed E-state index contributed by atoms with van der Waals surface area (Å²) in [6.45, 7) is 3.44. The van der Waals surface area contributed by atoms with E-state index in [1.54, 1.807) is 23.2 Å². The number of amides is 3. The minimum absolute atomic E-state index is 0.0932. The molecule has 0 saturated carbocycles. The quantitative estimate of drug-likeness (QED) is 0.860. The van der Waals surface area contributed by atoms with E-state index in [1.165, 1.54) is 0 Å². The number of urea groups is 1. The molecule has 0 radical (unpaired) electrons. The molecule has 1 aliphatic heterocycles. The second-order valence-electron chi connectivity index (χ2n) is 4.39. The molecule has 3 amide bonds. The zero-order chi connectivity index (χ0) is 13.8. The fourth-order valence-corrected chi connectivity index (χ4v) is 3.18. The van der Waals surface area contributed by atoms with Crippen molar-refractivity contribution >= 4 is 39.2 Å². The Kier molecular flexibility index (Phi) is 4.81. The average molecular weight is 346 g/mol. The van der Waals surface area contributed by atoms with E-state index in [0.717, 1.165) is 15.8 Å².